The van der Waals surface area contributed by atoms with Crippen LogP contribution < -0.4 is 5.32 Å². The normalized spacial score (nSPS) is 16.9. The molecule has 1 fully saturated rings. The van der Waals surface area contributed by atoms with Gasteiger partial charge in [-0.1, -0.05) is 48.0 Å². The third kappa shape index (κ3) is 5.92. The fourth-order valence-electron chi connectivity index (χ4n) is 4.43. The van der Waals surface area contributed by atoms with E-state index in [1.54, 1.807) is 4.52 Å². The molecule has 0 unspecified atom stereocenters. The lowest BCUT2D eigenvalue weighted by Crippen LogP contribution is -2.42. The second kappa shape index (κ2) is 10.7. The second-order valence-corrected chi connectivity index (χ2v) is 9.99. The third-order valence-electron chi connectivity index (χ3n) is 6.53. The highest BCUT2D eigenvalue weighted by molar-refractivity contribution is 7.99. The molecule has 0 radical (unpaired) electrons. The minimum Gasteiger partial charge on any atom is -0.354 e. The van der Waals surface area contributed by atoms with Crippen LogP contribution in [0.2, 0.25) is 0 Å². The Morgan fingerprint density at radius 1 is 1.15 bits per heavy atom. The van der Waals surface area contributed by atoms with Gasteiger partial charge in [0.2, 0.25) is 11.1 Å². The molecule has 1 saturated heterocycles. The van der Waals surface area contributed by atoms with Gasteiger partial charge in [-0.3, -0.25) is 9.69 Å². The second-order valence-electron chi connectivity index (χ2n) is 9.05. The number of carbonyl (C=O) groups excluding carboxylic acids is 1. The van der Waals surface area contributed by atoms with E-state index < -0.39 is 0 Å². The van der Waals surface area contributed by atoms with Crippen molar-refractivity contribution in [1.82, 2.24) is 29.8 Å². The summed E-state index contributed by atoms with van der Waals surface area (Å²) in [6.45, 7) is 11.2. The minimum absolute atomic E-state index is 0.0180. The number of aromatic nitrogens is 4. The summed E-state index contributed by atoms with van der Waals surface area (Å²) >= 11 is 1.36. The highest BCUT2D eigenvalue weighted by Crippen LogP contribution is 2.21. The van der Waals surface area contributed by atoms with Crippen molar-refractivity contribution in [2.75, 3.05) is 25.4 Å². The van der Waals surface area contributed by atoms with Crippen LogP contribution in [-0.2, 0) is 11.2 Å². The molecule has 1 atom stereocenters. The number of nitrogens with zero attached hydrogens (tertiary/aromatic N) is 5. The Balaban J connectivity index is 1.35. The molecule has 176 valence electrons. The number of carbonyl (C=O) groups is 1. The summed E-state index contributed by atoms with van der Waals surface area (Å²) in [5.41, 5.74) is 5.67. The van der Waals surface area contributed by atoms with Gasteiger partial charge in [0.05, 0.1) is 5.75 Å². The minimum atomic E-state index is 0.0180. The van der Waals surface area contributed by atoms with Crippen LogP contribution in [0.4, 0.5) is 0 Å². The maximum atomic E-state index is 12.3. The van der Waals surface area contributed by atoms with Gasteiger partial charge in [0, 0.05) is 36.9 Å². The molecule has 0 bridgehead atoms. The van der Waals surface area contributed by atoms with Gasteiger partial charge in [-0.2, -0.15) is 4.98 Å². The molecule has 7 nitrogen and oxygen atoms in total. The van der Waals surface area contributed by atoms with E-state index in [0.29, 0.717) is 29.3 Å². The SMILES string of the molecule is Cc1ccc(Cc2c(C)nc3nc(SCC(=O)NCCN4CCCC[C@H]4C)nn3c2C)cc1. The number of rotatable bonds is 8. The number of benzene rings is 1. The van der Waals surface area contributed by atoms with E-state index >= 15 is 0 Å². The summed E-state index contributed by atoms with van der Waals surface area (Å²) < 4.78 is 1.80. The van der Waals surface area contributed by atoms with E-state index in [0.717, 1.165) is 36.5 Å². The molecular formula is C25H34N6OS. The topological polar surface area (TPSA) is 75.4 Å². The molecule has 0 saturated carbocycles. The van der Waals surface area contributed by atoms with Gasteiger partial charge in [0.1, 0.15) is 0 Å². The van der Waals surface area contributed by atoms with Crippen LogP contribution in [0.1, 0.15) is 54.3 Å². The summed E-state index contributed by atoms with van der Waals surface area (Å²) in [6.07, 6.45) is 4.63. The standard InChI is InChI=1S/C25H34N6OS/c1-17-8-10-21(11-9-17)15-22-19(3)27-24-28-25(29-31(24)20(22)4)33-16-23(32)26-12-14-30-13-6-5-7-18(30)2/h8-11,18H,5-7,12-16H2,1-4H3,(H,26,32)/t18-/m1/s1. The van der Waals surface area contributed by atoms with Gasteiger partial charge in [-0.25, -0.2) is 9.50 Å². The zero-order valence-electron chi connectivity index (χ0n) is 20.1. The Kier molecular flexibility index (Phi) is 7.65. The number of piperidine rings is 1. The maximum Gasteiger partial charge on any atom is 0.253 e. The molecule has 4 rings (SSSR count). The highest BCUT2D eigenvalue weighted by atomic mass is 32.2. The summed E-state index contributed by atoms with van der Waals surface area (Å²) in [6, 6.07) is 9.20. The first-order valence-corrected chi connectivity index (χ1v) is 12.8. The lowest BCUT2D eigenvalue weighted by molar-refractivity contribution is -0.118. The van der Waals surface area contributed by atoms with Crippen LogP contribution in [-0.4, -0.2) is 61.8 Å². The van der Waals surface area contributed by atoms with Gasteiger partial charge >= 0.3 is 0 Å². The van der Waals surface area contributed by atoms with Crippen LogP contribution in [0.3, 0.4) is 0 Å². The number of thioether (sulfide) groups is 1. The molecule has 1 aromatic carbocycles. The predicted octanol–water partition coefficient (Wildman–Crippen LogP) is 3.72. The number of hydrogen-bond donors (Lipinski definition) is 1. The average molecular weight is 467 g/mol. The Bertz CT molecular complexity index is 1110. The van der Waals surface area contributed by atoms with E-state index in [2.05, 4.69) is 70.3 Å². The molecule has 0 aliphatic carbocycles. The fourth-order valence-corrected chi connectivity index (χ4v) is 5.07. The van der Waals surface area contributed by atoms with Crippen molar-refractivity contribution >= 4 is 23.4 Å². The molecule has 3 aromatic rings. The fraction of sp³-hybridized carbons (Fsp3) is 0.520. The largest absolute Gasteiger partial charge is 0.354 e. The van der Waals surface area contributed by atoms with Gasteiger partial charge in [0.15, 0.2) is 0 Å². The summed E-state index contributed by atoms with van der Waals surface area (Å²) in [7, 11) is 0. The van der Waals surface area contributed by atoms with E-state index in [1.807, 2.05) is 6.92 Å². The van der Waals surface area contributed by atoms with Crippen molar-refractivity contribution in [2.24, 2.45) is 0 Å². The number of amides is 1. The summed E-state index contributed by atoms with van der Waals surface area (Å²) in [4.78, 5) is 24.0. The van der Waals surface area contributed by atoms with Crippen LogP contribution in [0, 0.1) is 20.8 Å². The molecule has 1 amide bonds. The van der Waals surface area contributed by atoms with E-state index in [1.165, 1.54) is 42.2 Å². The molecule has 1 aliphatic heterocycles. The molecule has 0 spiro atoms. The molecule has 8 heteroatoms. The first-order chi connectivity index (χ1) is 15.9. The molecule has 1 N–H and O–H groups in total. The quantitative estimate of drug-likeness (QED) is 0.510. The molecule has 33 heavy (non-hydrogen) atoms. The van der Waals surface area contributed by atoms with Crippen molar-refractivity contribution in [3.05, 3.63) is 52.3 Å². The van der Waals surface area contributed by atoms with Crippen molar-refractivity contribution in [2.45, 2.75) is 64.6 Å². The average Bonchev–Trinajstić information content (AvgIpc) is 3.21. The summed E-state index contributed by atoms with van der Waals surface area (Å²) in [5, 5.41) is 8.24. The predicted molar refractivity (Wildman–Crippen MR) is 133 cm³/mol. The van der Waals surface area contributed by atoms with Crippen molar-refractivity contribution in [1.29, 1.82) is 0 Å². The van der Waals surface area contributed by atoms with Gasteiger partial charge in [0.25, 0.3) is 5.78 Å². The van der Waals surface area contributed by atoms with E-state index in [-0.39, 0.29) is 5.91 Å². The molecular weight excluding hydrogens is 432 g/mol. The van der Waals surface area contributed by atoms with Crippen molar-refractivity contribution in [3.8, 4) is 0 Å². The van der Waals surface area contributed by atoms with Gasteiger partial charge in [-0.15, -0.1) is 5.10 Å². The number of nitrogens with one attached hydrogen (secondary N) is 1. The smallest absolute Gasteiger partial charge is 0.253 e. The first-order valence-electron chi connectivity index (χ1n) is 11.8. The Morgan fingerprint density at radius 2 is 1.94 bits per heavy atom. The Morgan fingerprint density at radius 3 is 2.70 bits per heavy atom. The van der Waals surface area contributed by atoms with E-state index in [4.69, 9.17) is 0 Å². The molecule has 3 heterocycles. The zero-order valence-corrected chi connectivity index (χ0v) is 20.9. The van der Waals surface area contributed by atoms with Crippen molar-refractivity contribution in [3.63, 3.8) is 0 Å². The zero-order chi connectivity index (χ0) is 23.4. The first kappa shape index (κ1) is 23.7. The van der Waals surface area contributed by atoms with Crippen LogP contribution in [0.15, 0.2) is 29.4 Å². The lowest BCUT2D eigenvalue weighted by Gasteiger charge is -2.33. The van der Waals surface area contributed by atoms with Gasteiger partial charge < -0.3 is 5.32 Å². The van der Waals surface area contributed by atoms with Gasteiger partial charge in [-0.05, 0) is 58.2 Å². The van der Waals surface area contributed by atoms with Crippen LogP contribution in [0.5, 0.6) is 0 Å². The third-order valence-corrected chi connectivity index (χ3v) is 7.36. The lowest BCUT2D eigenvalue weighted by atomic mass is 10.0. The number of fused-ring (bicyclic) bond motifs is 1. The Labute approximate surface area is 200 Å². The number of likely N-dealkylation sites (tertiary alicyclic amines) is 1. The van der Waals surface area contributed by atoms with Crippen LogP contribution in [0.25, 0.3) is 5.78 Å². The van der Waals surface area contributed by atoms with Crippen LogP contribution >= 0.6 is 11.8 Å². The van der Waals surface area contributed by atoms with E-state index in [9.17, 15) is 4.79 Å². The number of hydrogen-bond acceptors (Lipinski definition) is 6. The maximum absolute atomic E-state index is 12.3. The Hall–Kier alpha value is -2.45. The monoisotopic (exact) mass is 466 g/mol. The summed E-state index contributed by atoms with van der Waals surface area (Å²) in [5.74, 6) is 0.907. The molecule has 1 aliphatic rings. The number of aryl methyl sites for hydroxylation is 3. The highest BCUT2D eigenvalue weighted by Gasteiger charge is 2.18. The molecule has 2 aromatic heterocycles. The van der Waals surface area contributed by atoms with Crippen molar-refractivity contribution < 1.29 is 4.79 Å².